The van der Waals surface area contributed by atoms with Gasteiger partial charge in [-0.25, -0.2) is 4.79 Å². The maximum absolute atomic E-state index is 13.4. The van der Waals surface area contributed by atoms with Crippen molar-refractivity contribution in [2.24, 2.45) is 0 Å². The first-order chi connectivity index (χ1) is 16.0. The number of aromatic carboxylic acids is 1. The van der Waals surface area contributed by atoms with Crippen molar-refractivity contribution in [3.8, 4) is 17.2 Å². The van der Waals surface area contributed by atoms with Crippen LogP contribution in [0.15, 0.2) is 60.7 Å². The molecule has 0 spiro atoms. The van der Waals surface area contributed by atoms with Crippen molar-refractivity contribution in [1.82, 2.24) is 0 Å². The number of methoxy groups -OCH3 is 2. The van der Waals surface area contributed by atoms with Gasteiger partial charge in [0.15, 0.2) is 11.5 Å². The van der Waals surface area contributed by atoms with Crippen LogP contribution in [0.1, 0.15) is 40.0 Å². The molecule has 1 N–H and O–H groups in total. The van der Waals surface area contributed by atoms with Crippen molar-refractivity contribution in [2.45, 2.75) is 19.4 Å². The monoisotopic (exact) mass is 447 g/mol. The predicted molar refractivity (Wildman–Crippen MR) is 124 cm³/mol. The minimum atomic E-state index is -1.02. The first kappa shape index (κ1) is 22.2. The van der Waals surface area contributed by atoms with Gasteiger partial charge in [-0.05, 0) is 72.1 Å². The molecule has 0 radical (unpaired) electrons. The van der Waals surface area contributed by atoms with Gasteiger partial charge in [-0.1, -0.05) is 12.1 Å². The quantitative estimate of drug-likeness (QED) is 0.575. The number of fused-ring (bicyclic) bond motifs is 1. The number of ether oxygens (including phenoxy) is 3. The summed E-state index contributed by atoms with van der Waals surface area (Å²) in [5, 5.41) is 9.26. The van der Waals surface area contributed by atoms with Gasteiger partial charge < -0.3 is 24.2 Å². The summed E-state index contributed by atoms with van der Waals surface area (Å²) in [5.74, 6) is 0.762. The lowest BCUT2D eigenvalue weighted by atomic mass is 9.86. The molecule has 3 aromatic carbocycles. The zero-order valence-electron chi connectivity index (χ0n) is 18.7. The second-order valence-electron chi connectivity index (χ2n) is 7.60. The standard InChI is InChI=1S/C26H25NO6/c1-4-33-20-11-7-16(8-12-20)25-21-15-23(32-3)22(31-2)13-18(21)14-24(28)27(25)19-9-5-17(6-10-19)26(29)30/h5-13,15,25H,4,14H2,1-3H3,(H,29,30). The number of hydrogen-bond acceptors (Lipinski definition) is 5. The Kier molecular flexibility index (Phi) is 6.22. The molecule has 0 bridgehead atoms. The molecule has 0 aliphatic carbocycles. The second kappa shape index (κ2) is 9.24. The van der Waals surface area contributed by atoms with Crippen LogP contribution in [0.2, 0.25) is 0 Å². The molecule has 0 aromatic heterocycles. The van der Waals surface area contributed by atoms with Crippen molar-refractivity contribution >= 4 is 17.6 Å². The van der Waals surface area contributed by atoms with E-state index in [1.165, 1.54) is 12.1 Å². The Morgan fingerprint density at radius 3 is 2.21 bits per heavy atom. The van der Waals surface area contributed by atoms with Gasteiger partial charge in [0.1, 0.15) is 5.75 Å². The molecule has 7 nitrogen and oxygen atoms in total. The Hall–Kier alpha value is -4.00. The minimum absolute atomic E-state index is 0.100. The molecule has 33 heavy (non-hydrogen) atoms. The number of anilines is 1. The van der Waals surface area contributed by atoms with Crippen molar-refractivity contribution < 1.29 is 28.9 Å². The highest BCUT2D eigenvalue weighted by Gasteiger charge is 2.36. The van der Waals surface area contributed by atoms with Crippen LogP contribution in [0.5, 0.6) is 17.2 Å². The van der Waals surface area contributed by atoms with Crippen molar-refractivity contribution in [2.75, 3.05) is 25.7 Å². The smallest absolute Gasteiger partial charge is 0.335 e. The number of nitrogens with zero attached hydrogens (tertiary/aromatic N) is 1. The van der Waals surface area contributed by atoms with E-state index in [-0.39, 0.29) is 17.9 Å². The summed E-state index contributed by atoms with van der Waals surface area (Å²) < 4.78 is 16.6. The number of carboxylic acid groups (broad SMARTS) is 1. The fourth-order valence-electron chi connectivity index (χ4n) is 4.17. The van der Waals surface area contributed by atoms with Crippen LogP contribution < -0.4 is 19.1 Å². The highest BCUT2D eigenvalue weighted by Crippen LogP contribution is 2.43. The Balaban J connectivity index is 1.88. The second-order valence-corrected chi connectivity index (χ2v) is 7.60. The molecule has 170 valence electrons. The van der Waals surface area contributed by atoms with Crippen LogP contribution in [0.4, 0.5) is 5.69 Å². The molecule has 1 heterocycles. The first-order valence-electron chi connectivity index (χ1n) is 10.6. The Morgan fingerprint density at radius 1 is 1.00 bits per heavy atom. The van der Waals surface area contributed by atoms with Crippen LogP contribution >= 0.6 is 0 Å². The van der Waals surface area contributed by atoms with Gasteiger partial charge in [0.2, 0.25) is 5.91 Å². The van der Waals surface area contributed by atoms with Crippen LogP contribution in [-0.2, 0) is 11.2 Å². The third-order valence-corrected chi connectivity index (χ3v) is 5.71. The summed E-state index contributed by atoms with van der Waals surface area (Å²) in [4.78, 5) is 26.4. The average Bonchev–Trinajstić information content (AvgIpc) is 2.83. The molecule has 1 atom stereocenters. The Morgan fingerprint density at radius 2 is 1.64 bits per heavy atom. The van der Waals surface area contributed by atoms with E-state index in [0.29, 0.717) is 23.8 Å². The SMILES string of the molecule is CCOc1ccc(C2c3cc(OC)c(OC)cc3CC(=O)N2c2ccc(C(=O)O)cc2)cc1. The fraction of sp³-hybridized carbons (Fsp3) is 0.231. The van der Waals surface area contributed by atoms with E-state index in [4.69, 9.17) is 14.2 Å². The highest BCUT2D eigenvalue weighted by atomic mass is 16.5. The fourth-order valence-corrected chi connectivity index (χ4v) is 4.17. The zero-order valence-corrected chi connectivity index (χ0v) is 18.7. The lowest BCUT2D eigenvalue weighted by Crippen LogP contribution is -2.41. The molecule has 0 fully saturated rings. The molecule has 1 aliphatic heterocycles. The molecule has 4 rings (SSSR count). The van der Waals surface area contributed by atoms with Crippen LogP contribution in [-0.4, -0.2) is 37.8 Å². The Bertz CT molecular complexity index is 1170. The number of carboxylic acids is 1. The largest absolute Gasteiger partial charge is 0.494 e. The van der Waals surface area contributed by atoms with Crippen LogP contribution in [0.25, 0.3) is 0 Å². The maximum Gasteiger partial charge on any atom is 0.335 e. The van der Waals surface area contributed by atoms with E-state index < -0.39 is 12.0 Å². The summed E-state index contributed by atoms with van der Waals surface area (Å²) in [5.41, 5.74) is 3.44. The summed E-state index contributed by atoms with van der Waals surface area (Å²) in [6, 6.07) is 17.3. The average molecular weight is 447 g/mol. The van der Waals surface area contributed by atoms with E-state index in [1.54, 1.807) is 31.3 Å². The molecule has 1 unspecified atom stereocenters. The third-order valence-electron chi connectivity index (χ3n) is 5.71. The molecular formula is C26H25NO6. The number of hydrogen-bond donors (Lipinski definition) is 1. The summed E-state index contributed by atoms with van der Waals surface area (Å²) >= 11 is 0. The summed E-state index contributed by atoms with van der Waals surface area (Å²) in [6.45, 7) is 2.48. The van der Waals surface area contributed by atoms with Crippen molar-refractivity contribution in [3.05, 3.63) is 82.9 Å². The number of carbonyl (C=O) groups excluding carboxylic acids is 1. The summed E-state index contributed by atoms with van der Waals surface area (Å²) in [6.07, 6.45) is 0.184. The first-order valence-corrected chi connectivity index (χ1v) is 10.6. The van der Waals surface area contributed by atoms with Crippen molar-refractivity contribution in [3.63, 3.8) is 0 Å². The molecule has 1 aliphatic rings. The molecule has 0 saturated heterocycles. The van der Waals surface area contributed by atoms with Crippen LogP contribution in [0.3, 0.4) is 0 Å². The van der Waals surface area contributed by atoms with Crippen LogP contribution in [0, 0.1) is 0 Å². The molecule has 0 saturated carbocycles. The molecule has 7 heteroatoms. The van der Waals surface area contributed by atoms with Gasteiger partial charge >= 0.3 is 5.97 Å². The van der Waals surface area contributed by atoms with Gasteiger partial charge in [0.05, 0.1) is 38.9 Å². The number of carbonyl (C=O) groups is 2. The van der Waals surface area contributed by atoms with Crippen molar-refractivity contribution in [1.29, 1.82) is 0 Å². The molecule has 1 amide bonds. The van der Waals surface area contributed by atoms with E-state index in [9.17, 15) is 14.7 Å². The number of amides is 1. The lowest BCUT2D eigenvalue weighted by Gasteiger charge is -2.38. The maximum atomic E-state index is 13.4. The van der Waals surface area contributed by atoms with Gasteiger partial charge in [-0.15, -0.1) is 0 Å². The Labute approximate surface area is 192 Å². The van der Waals surface area contributed by atoms with Gasteiger partial charge in [0.25, 0.3) is 0 Å². The summed E-state index contributed by atoms with van der Waals surface area (Å²) in [7, 11) is 3.14. The number of rotatable bonds is 7. The number of benzene rings is 3. The van der Waals surface area contributed by atoms with Gasteiger partial charge in [-0.2, -0.15) is 0 Å². The highest BCUT2D eigenvalue weighted by molar-refractivity contribution is 5.99. The third kappa shape index (κ3) is 4.22. The van der Waals surface area contributed by atoms with E-state index in [0.717, 1.165) is 22.4 Å². The molecule has 3 aromatic rings. The zero-order chi connectivity index (χ0) is 23.5. The lowest BCUT2D eigenvalue weighted by molar-refractivity contribution is -0.118. The van der Waals surface area contributed by atoms with Gasteiger partial charge in [-0.3, -0.25) is 4.79 Å². The minimum Gasteiger partial charge on any atom is -0.494 e. The normalized spacial score (nSPS) is 15.1. The van der Waals surface area contributed by atoms with E-state index in [2.05, 4.69) is 0 Å². The molecular weight excluding hydrogens is 422 g/mol. The predicted octanol–water partition coefficient (Wildman–Crippen LogP) is 4.48. The van der Waals surface area contributed by atoms with E-state index >= 15 is 0 Å². The van der Waals surface area contributed by atoms with Gasteiger partial charge in [0, 0.05) is 5.69 Å². The topological polar surface area (TPSA) is 85.3 Å². The van der Waals surface area contributed by atoms with E-state index in [1.807, 2.05) is 43.3 Å².